The molecule has 0 aromatic carbocycles. The minimum atomic E-state index is -3.43. The second-order valence-electron chi connectivity index (χ2n) is 3.56. The van der Waals surface area contributed by atoms with Crippen LogP contribution in [0.3, 0.4) is 0 Å². The number of aliphatic carboxylic acids is 1. The molecule has 7 heteroatoms. The van der Waals surface area contributed by atoms with Gasteiger partial charge >= 0.3 is 5.97 Å². The van der Waals surface area contributed by atoms with Gasteiger partial charge in [-0.05, 0) is 6.42 Å². The molecule has 0 spiro atoms. The van der Waals surface area contributed by atoms with Crippen LogP contribution in [-0.2, 0) is 19.4 Å². The fourth-order valence-electron chi connectivity index (χ4n) is 1.12. The molecule has 0 rings (SSSR count). The molecule has 0 radical (unpaired) electrons. The van der Waals surface area contributed by atoms with Gasteiger partial charge in [-0.2, -0.15) is 0 Å². The van der Waals surface area contributed by atoms with Crippen LogP contribution in [0.4, 0.5) is 0 Å². The third-order valence-corrected chi connectivity index (χ3v) is 3.66. The third-order valence-electron chi connectivity index (χ3n) is 1.91. The van der Waals surface area contributed by atoms with Crippen molar-refractivity contribution in [2.45, 2.75) is 32.7 Å². The summed E-state index contributed by atoms with van der Waals surface area (Å²) in [7, 11) is -3.43. The van der Waals surface area contributed by atoms with Crippen LogP contribution in [0.5, 0.6) is 0 Å². The summed E-state index contributed by atoms with van der Waals surface area (Å²) < 4.78 is 22.9. The second-order valence-corrected chi connectivity index (χ2v) is 5.79. The zero-order chi connectivity index (χ0) is 12.8. The van der Waals surface area contributed by atoms with Gasteiger partial charge in [-0.15, -0.1) is 0 Å². The smallest absolute Gasteiger partial charge is 0.327 e. The number of amides is 1. The molecule has 6 nitrogen and oxygen atoms in total. The van der Waals surface area contributed by atoms with E-state index in [9.17, 15) is 18.0 Å². The van der Waals surface area contributed by atoms with Gasteiger partial charge in [0.15, 0.2) is 9.84 Å². The van der Waals surface area contributed by atoms with Crippen molar-refractivity contribution in [3.05, 3.63) is 0 Å². The standard InChI is InChI=1S/C9H17NO5S/c1-3-4-5-16(14,15)6-8(9(12)13)10-7(2)11/h8H,3-6H2,1-2H3,(H,10,11)(H,12,13)/t8-/m1/s1. The van der Waals surface area contributed by atoms with E-state index in [-0.39, 0.29) is 5.75 Å². The normalized spacial score (nSPS) is 13.1. The number of carbonyl (C=O) groups excluding carboxylic acids is 1. The van der Waals surface area contributed by atoms with E-state index in [1.165, 1.54) is 0 Å². The van der Waals surface area contributed by atoms with Crippen LogP contribution in [0.25, 0.3) is 0 Å². The molecule has 0 bridgehead atoms. The van der Waals surface area contributed by atoms with Crippen molar-refractivity contribution >= 4 is 21.7 Å². The molecular weight excluding hydrogens is 234 g/mol. The Morgan fingerprint density at radius 2 is 1.94 bits per heavy atom. The number of carboxylic acids is 1. The molecule has 0 aliphatic carbocycles. The molecule has 0 unspecified atom stereocenters. The van der Waals surface area contributed by atoms with E-state index < -0.39 is 33.5 Å². The molecule has 0 saturated heterocycles. The molecule has 0 saturated carbocycles. The molecule has 0 aromatic rings. The van der Waals surface area contributed by atoms with Crippen molar-refractivity contribution in [3.63, 3.8) is 0 Å². The van der Waals surface area contributed by atoms with Crippen LogP contribution in [0.2, 0.25) is 0 Å². The Labute approximate surface area is 95.0 Å². The van der Waals surface area contributed by atoms with Crippen molar-refractivity contribution in [1.29, 1.82) is 0 Å². The van der Waals surface area contributed by atoms with E-state index in [0.29, 0.717) is 6.42 Å². The predicted octanol–water partition coefficient (Wildman–Crippen LogP) is -0.209. The highest BCUT2D eigenvalue weighted by Gasteiger charge is 2.25. The summed E-state index contributed by atoms with van der Waals surface area (Å²) in [5.41, 5.74) is 0. The minimum absolute atomic E-state index is 0.0487. The van der Waals surface area contributed by atoms with Gasteiger partial charge in [-0.1, -0.05) is 13.3 Å². The Kier molecular flexibility index (Phi) is 6.02. The average Bonchev–Trinajstić information content (AvgIpc) is 2.12. The van der Waals surface area contributed by atoms with Gasteiger partial charge < -0.3 is 10.4 Å². The van der Waals surface area contributed by atoms with Crippen LogP contribution >= 0.6 is 0 Å². The lowest BCUT2D eigenvalue weighted by atomic mass is 10.3. The van der Waals surface area contributed by atoms with Gasteiger partial charge in [0.2, 0.25) is 5.91 Å². The summed E-state index contributed by atoms with van der Waals surface area (Å²) in [4.78, 5) is 21.4. The van der Waals surface area contributed by atoms with Crippen molar-refractivity contribution in [2.24, 2.45) is 0 Å². The van der Waals surface area contributed by atoms with E-state index in [1.54, 1.807) is 0 Å². The van der Waals surface area contributed by atoms with E-state index in [1.807, 2.05) is 6.92 Å². The van der Waals surface area contributed by atoms with Gasteiger partial charge in [0.05, 0.1) is 11.5 Å². The lowest BCUT2D eigenvalue weighted by Crippen LogP contribution is -2.44. The highest BCUT2D eigenvalue weighted by atomic mass is 32.2. The monoisotopic (exact) mass is 251 g/mol. The van der Waals surface area contributed by atoms with Crippen molar-refractivity contribution in [1.82, 2.24) is 5.32 Å². The summed E-state index contributed by atoms with van der Waals surface area (Å²) in [5.74, 6) is -2.50. The lowest BCUT2D eigenvalue weighted by molar-refractivity contribution is -0.140. The van der Waals surface area contributed by atoms with Crippen LogP contribution in [0, 0.1) is 0 Å². The summed E-state index contributed by atoms with van der Waals surface area (Å²) in [6.45, 7) is 2.99. The predicted molar refractivity (Wildman–Crippen MR) is 58.8 cm³/mol. The lowest BCUT2D eigenvalue weighted by Gasteiger charge is -2.13. The maximum Gasteiger partial charge on any atom is 0.327 e. The first-order valence-corrected chi connectivity index (χ1v) is 6.81. The minimum Gasteiger partial charge on any atom is -0.480 e. The molecule has 2 N–H and O–H groups in total. The number of carbonyl (C=O) groups is 2. The topological polar surface area (TPSA) is 101 Å². The first-order chi connectivity index (χ1) is 7.28. The number of sulfone groups is 1. The molecule has 0 heterocycles. The summed E-state index contributed by atoms with van der Waals surface area (Å²) in [5, 5.41) is 10.8. The van der Waals surface area contributed by atoms with E-state index in [2.05, 4.69) is 5.32 Å². The van der Waals surface area contributed by atoms with Gasteiger partial charge in [-0.25, -0.2) is 13.2 Å². The molecule has 0 aliphatic rings. The van der Waals surface area contributed by atoms with E-state index in [0.717, 1.165) is 13.3 Å². The maximum absolute atomic E-state index is 11.5. The highest BCUT2D eigenvalue weighted by molar-refractivity contribution is 7.91. The van der Waals surface area contributed by atoms with Crippen LogP contribution in [-0.4, -0.2) is 42.9 Å². The van der Waals surface area contributed by atoms with Crippen LogP contribution in [0.1, 0.15) is 26.7 Å². The summed E-state index contributed by atoms with van der Waals surface area (Å²) in [6, 6.07) is -1.36. The molecule has 0 aromatic heterocycles. The number of hydrogen-bond donors (Lipinski definition) is 2. The van der Waals surface area contributed by atoms with E-state index >= 15 is 0 Å². The Bertz CT molecular complexity index is 349. The molecular formula is C9H17NO5S. The zero-order valence-corrected chi connectivity index (χ0v) is 10.2. The van der Waals surface area contributed by atoms with Gasteiger partial charge in [-0.3, -0.25) is 4.79 Å². The fourth-order valence-corrected chi connectivity index (χ4v) is 2.75. The van der Waals surface area contributed by atoms with E-state index in [4.69, 9.17) is 5.11 Å². The van der Waals surface area contributed by atoms with Crippen LogP contribution < -0.4 is 5.32 Å². The number of rotatable bonds is 7. The van der Waals surface area contributed by atoms with Gasteiger partial charge in [0.25, 0.3) is 0 Å². The molecule has 94 valence electrons. The maximum atomic E-state index is 11.5. The summed E-state index contributed by atoms with van der Waals surface area (Å²) in [6.07, 6.45) is 1.21. The molecule has 0 aliphatic heterocycles. The van der Waals surface area contributed by atoms with Crippen molar-refractivity contribution < 1.29 is 23.1 Å². The second kappa shape index (κ2) is 6.47. The highest BCUT2D eigenvalue weighted by Crippen LogP contribution is 2.00. The number of unbranched alkanes of at least 4 members (excludes halogenated alkanes) is 1. The Morgan fingerprint density at radius 1 is 1.38 bits per heavy atom. The Hall–Kier alpha value is -1.11. The quantitative estimate of drug-likeness (QED) is 0.652. The SMILES string of the molecule is CCCCS(=O)(=O)C[C@@H](NC(C)=O)C(=O)O. The third kappa shape index (κ3) is 6.39. The zero-order valence-electron chi connectivity index (χ0n) is 9.39. The van der Waals surface area contributed by atoms with Gasteiger partial charge in [0, 0.05) is 6.92 Å². The number of hydrogen-bond acceptors (Lipinski definition) is 4. The number of nitrogens with one attached hydrogen (secondary N) is 1. The van der Waals surface area contributed by atoms with Crippen LogP contribution in [0.15, 0.2) is 0 Å². The first-order valence-electron chi connectivity index (χ1n) is 4.99. The number of carboxylic acid groups (broad SMARTS) is 1. The Morgan fingerprint density at radius 3 is 2.31 bits per heavy atom. The summed E-state index contributed by atoms with van der Waals surface area (Å²) >= 11 is 0. The first kappa shape index (κ1) is 14.9. The molecule has 1 amide bonds. The largest absolute Gasteiger partial charge is 0.480 e. The fraction of sp³-hybridized carbons (Fsp3) is 0.778. The van der Waals surface area contributed by atoms with Gasteiger partial charge in [0.1, 0.15) is 6.04 Å². The van der Waals surface area contributed by atoms with Crippen molar-refractivity contribution in [2.75, 3.05) is 11.5 Å². The molecule has 16 heavy (non-hydrogen) atoms. The Balaban J connectivity index is 4.50. The molecule has 0 fully saturated rings. The average molecular weight is 251 g/mol. The van der Waals surface area contributed by atoms with Crippen molar-refractivity contribution in [3.8, 4) is 0 Å². The molecule has 1 atom stereocenters.